The predicted molar refractivity (Wildman–Crippen MR) is 38.2 cm³/mol. The van der Waals surface area contributed by atoms with E-state index in [0.29, 0.717) is 0 Å². The van der Waals surface area contributed by atoms with Crippen molar-refractivity contribution in [1.29, 1.82) is 0 Å². The van der Waals surface area contributed by atoms with Crippen LogP contribution in [0.3, 0.4) is 0 Å². The van der Waals surface area contributed by atoms with Crippen LogP contribution in [-0.4, -0.2) is 12.8 Å². The minimum Gasteiger partial charge on any atom is -0.431 e. The fourth-order valence-corrected chi connectivity index (χ4v) is 0.299. The van der Waals surface area contributed by atoms with Crippen LogP contribution in [-0.2, 0) is 19.3 Å². The number of carbonyl (C=O) groups excluding carboxylic acids is 1. The molecule has 0 heterocycles. The van der Waals surface area contributed by atoms with Crippen LogP contribution in [0.5, 0.6) is 0 Å². The standard InChI is InChI=1S/C7H8F2O4/c1-5(2)7(10)11-4-13-12-3-6(8)9/h3H,1,4H2,2H3. The molecule has 0 saturated carbocycles. The third kappa shape index (κ3) is 6.95. The first-order chi connectivity index (χ1) is 6.04. The van der Waals surface area contributed by atoms with Crippen LogP contribution in [0.15, 0.2) is 24.5 Å². The molecule has 0 atom stereocenters. The summed E-state index contributed by atoms with van der Waals surface area (Å²) < 4.78 is 26.9. The van der Waals surface area contributed by atoms with Gasteiger partial charge in [-0.05, 0) is 6.92 Å². The molecule has 0 unspecified atom stereocenters. The van der Waals surface area contributed by atoms with Gasteiger partial charge in [0.05, 0.1) is 0 Å². The zero-order valence-electron chi connectivity index (χ0n) is 6.88. The van der Waals surface area contributed by atoms with Crippen LogP contribution in [0.25, 0.3) is 0 Å². The summed E-state index contributed by atoms with van der Waals surface area (Å²) in [5.74, 6) is -0.687. The van der Waals surface area contributed by atoms with Crippen molar-refractivity contribution in [2.45, 2.75) is 6.92 Å². The summed E-state index contributed by atoms with van der Waals surface area (Å²) >= 11 is 0. The number of carbonyl (C=O) groups is 1. The molecule has 0 amide bonds. The summed E-state index contributed by atoms with van der Waals surface area (Å²) in [6.45, 7) is 4.14. The molecule has 0 rings (SSSR count). The maximum atomic E-state index is 11.3. The molecular formula is C7H8F2O4. The zero-order chi connectivity index (χ0) is 10.3. The number of halogens is 2. The molecule has 0 N–H and O–H groups in total. The highest BCUT2D eigenvalue weighted by Crippen LogP contribution is 1.97. The Labute approximate surface area is 73.3 Å². The van der Waals surface area contributed by atoms with E-state index in [9.17, 15) is 13.6 Å². The van der Waals surface area contributed by atoms with Gasteiger partial charge in [0.2, 0.25) is 6.79 Å². The monoisotopic (exact) mass is 194 g/mol. The SMILES string of the molecule is C=C(C)C(=O)OCOOC=C(F)F. The first-order valence-electron chi connectivity index (χ1n) is 3.16. The maximum absolute atomic E-state index is 11.3. The number of ether oxygens (including phenoxy) is 1. The Kier molecular flexibility index (Phi) is 5.45. The van der Waals surface area contributed by atoms with Crippen molar-refractivity contribution in [3.05, 3.63) is 24.5 Å². The van der Waals surface area contributed by atoms with Gasteiger partial charge in [0.25, 0.3) is 0 Å². The van der Waals surface area contributed by atoms with E-state index >= 15 is 0 Å². The summed E-state index contributed by atoms with van der Waals surface area (Å²) in [7, 11) is 0. The van der Waals surface area contributed by atoms with Gasteiger partial charge in [-0.3, -0.25) is 0 Å². The van der Waals surface area contributed by atoms with E-state index < -0.39 is 18.8 Å². The van der Waals surface area contributed by atoms with E-state index in [4.69, 9.17) is 0 Å². The lowest BCUT2D eigenvalue weighted by Crippen LogP contribution is -2.08. The lowest BCUT2D eigenvalue weighted by molar-refractivity contribution is -0.294. The molecule has 6 heteroatoms. The van der Waals surface area contributed by atoms with Crippen molar-refractivity contribution in [3.8, 4) is 0 Å². The first-order valence-corrected chi connectivity index (χ1v) is 3.16. The highest BCUT2D eigenvalue weighted by Gasteiger charge is 2.01. The molecule has 0 saturated heterocycles. The molecular weight excluding hydrogens is 186 g/mol. The molecule has 13 heavy (non-hydrogen) atoms. The Hall–Kier alpha value is -1.43. The summed E-state index contributed by atoms with van der Waals surface area (Å²) in [5.41, 5.74) is 0.177. The summed E-state index contributed by atoms with van der Waals surface area (Å²) in [4.78, 5) is 18.4. The third-order valence-corrected chi connectivity index (χ3v) is 0.792. The van der Waals surface area contributed by atoms with E-state index in [2.05, 4.69) is 21.1 Å². The maximum Gasteiger partial charge on any atom is 0.335 e. The fraction of sp³-hybridized carbons (Fsp3) is 0.286. The third-order valence-electron chi connectivity index (χ3n) is 0.792. The minimum atomic E-state index is -2.05. The zero-order valence-corrected chi connectivity index (χ0v) is 6.88. The van der Waals surface area contributed by atoms with E-state index in [0.717, 1.165) is 0 Å². The van der Waals surface area contributed by atoms with Crippen LogP contribution >= 0.6 is 0 Å². The highest BCUT2D eigenvalue weighted by atomic mass is 19.3. The van der Waals surface area contributed by atoms with Gasteiger partial charge in [0, 0.05) is 5.57 Å². The number of esters is 1. The molecule has 0 aromatic carbocycles. The van der Waals surface area contributed by atoms with Crippen LogP contribution in [0, 0.1) is 0 Å². The van der Waals surface area contributed by atoms with Crippen LogP contribution in [0.4, 0.5) is 8.78 Å². The topological polar surface area (TPSA) is 44.8 Å². The van der Waals surface area contributed by atoms with E-state index in [-0.39, 0.29) is 11.8 Å². The van der Waals surface area contributed by atoms with E-state index in [1.165, 1.54) is 6.92 Å². The quantitative estimate of drug-likeness (QED) is 0.127. The lowest BCUT2D eigenvalue weighted by atomic mass is 10.4. The summed E-state index contributed by atoms with van der Waals surface area (Å²) in [5, 5.41) is 0. The van der Waals surface area contributed by atoms with Crippen molar-refractivity contribution < 1.29 is 28.1 Å². The summed E-state index contributed by atoms with van der Waals surface area (Å²) in [6.07, 6.45) is -1.97. The Balaban J connectivity index is 3.42. The lowest BCUT2D eigenvalue weighted by Gasteiger charge is -2.02. The molecule has 0 spiro atoms. The number of hydrogen-bond acceptors (Lipinski definition) is 4. The van der Waals surface area contributed by atoms with E-state index in [1.807, 2.05) is 0 Å². The Bertz CT molecular complexity index is 221. The molecule has 0 aliphatic rings. The average molecular weight is 194 g/mol. The highest BCUT2D eigenvalue weighted by molar-refractivity contribution is 5.86. The molecule has 0 radical (unpaired) electrons. The molecule has 0 aliphatic carbocycles. The van der Waals surface area contributed by atoms with Crippen molar-refractivity contribution in [2.24, 2.45) is 0 Å². The first kappa shape index (κ1) is 11.6. The molecule has 4 nitrogen and oxygen atoms in total. The Morgan fingerprint density at radius 3 is 2.62 bits per heavy atom. The number of hydrogen-bond donors (Lipinski definition) is 0. The second kappa shape index (κ2) is 6.13. The molecule has 0 aromatic rings. The Morgan fingerprint density at radius 1 is 1.54 bits per heavy atom. The second-order valence-corrected chi connectivity index (χ2v) is 1.95. The van der Waals surface area contributed by atoms with Gasteiger partial charge in [0.15, 0.2) is 6.26 Å². The van der Waals surface area contributed by atoms with Gasteiger partial charge in [-0.15, -0.1) is 4.89 Å². The van der Waals surface area contributed by atoms with Gasteiger partial charge < -0.3 is 9.62 Å². The van der Waals surface area contributed by atoms with E-state index in [1.54, 1.807) is 0 Å². The molecule has 0 fully saturated rings. The second-order valence-electron chi connectivity index (χ2n) is 1.95. The van der Waals surface area contributed by atoms with Crippen LogP contribution in [0.2, 0.25) is 0 Å². The number of rotatable bonds is 5. The molecule has 0 aliphatic heterocycles. The molecule has 74 valence electrons. The van der Waals surface area contributed by atoms with Crippen molar-refractivity contribution >= 4 is 5.97 Å². The van der Waals surface area contributed by atoms with Crippen molar-refractivity contribution in [3.63, 3.8) is 0 Å². The van der Waals surface area contributed by atoms with Gasteiger partial charge >= 0.3 is 12.0 Å². The van der Waals surface area contributed by atoms with Gasteiger partial charge in [0.1, 0.15) is 0 Å². The van der Waals surface area contributed by atoms with Crippen LogP contribution in [0.1, 0.15) is 6.92 Å². The predicted octanol–water partition coefficient (Wildman–Crippen LogP) is 1.75. The Morgan fingerprint density at radius 2 is 2.15 bits per heavy atom. The van der Waals surface area contributed by atoms with Gasteiger partial charge in [-0.2, -0.15) is 8.78 Å². The average Bonchev–Trinajstić information content (AvgIpc) is 2.02. The normalized spacial score (nSPS) is 8.85. The summed E-state index contributed by atoms with van der Waals surface area (Å²) in [6, 6.07) is 0. The van der Waals surface area contributed by atoms with Gasteiger partial charge in [-0.1, -0.05) is 6.58 Å². The smallest absolute Gasteiger partial charge is 0.335 e. The minimum absolute atomic E-state index is 0.0780. The molecule has 0 bridgehead atoms. The van der Waals surface area contributed by atoms with Crippen LogP contribution < -0.4 is 0 Å². The molecule has 0 aromatic heterocycles. The van der Waals surface area contributed by atoms with Gasteiger partial charge in [-0.25, -0.2) is 4.79 Å². The van der Waals surface area contributed by atoms with Crippen molar-refractivity contribution in [2.75, 3.05) is 6.79 Å². The largest absolute Gasteiger partial charge is 0.431 e. The fourth-order valence-electron chi connectivity index (χ4n) is 0.299. The van der Waals surface area contributed by atoms with Crippen molar-refractivity contribution in [1.82, 2.24) is 0 Å².